The number of anilines is 1. The SMILES string of the molecule is COC(=O)c1cnc(N)c(-c2ccc(F)cc2)c1. The van der Waals surface area contributed by atoms with Crippen molar-refractivity contribution in [3.63, 3.8) is 0 Å². The third kappa shape index (κ3) is 2.29. The largest absolute Gasteiger partial charge is 0.465 e. The van der Waals surface area contributed by atoms with Crippen LogP contribution in [0.1, 0.15) is 10.4 Å². The summed E-state index contributed by atoms with van der Waals surface area (Å²) < 4.78 is 17.5. The summed E-state index contributed by atoms with van der Waals surface area (Å²) in [6.07, 6.45) is 1.34. The Labute approximate surface area is 103 Å². The molecule has 0 spiro atoms. The molecule has 2 N–H and O–H groups in total. The van der Waals surface area contributed by atoms with Crippen LogP contribution >= 0.6 is 0 Å². The molecule has 0 saturated carbocycles. The van der Waals surface area contributed by atoms with Gasteiger partial charge in [-0.1, -0.05) is 12.1 Å². The molecule has 0 radical (unpaired) electrons. The predicted molar refractivity (Wildman–Crippen MR) is 65.4 cm³/mol. The van der Waals surface area contributed by atoms with Crippen molar-refractivity contribution in [2.24, 2.45) is 0 Å². The predicted octanol–water partition coefficient (Wildman–Crippen LogP) is 2.26. The molecule has 5 heteroatoms. The van der Waals surface area contributed by atoms with E-state index in [1.165, 1.54) is 25.4 Å². The second-order valence-electron chi connectivity index (χ2n) is 3.66. The quantitative estimate of drug-likeness (QED) is 0.825. The number of nitrogens with two attached hydrogens (primary N) is 1. The van der Waals surface area contributed by atoms with E-state index < -0.39 is 5.97 Å². The summed E-state index contributed by atoms with van der Waals surface area (Å²) in [5.41, 5.74) is 7.30. The number of carbonyl (C=O) groups is 1. The summed E-state index contributed by atoms with van der Waals surface area (Å²) in [7, 11) is 1.29. The molecule has 0 saturated heterocycles. The van der Waals surface area contributed by atoms with Gasteiger partial charge in [-0.15, -0.1) is 0 Å². The second kappa shape index (κ2) is 4.83. The Hall–Kier alpha value is -2.43. The Bertz CT molecular complexity index is 582. The highest BCUT2D eigenvalue weighted by molar-refractivity contribution is 5.91. The molecule has 92 valence electrons. The fourth-order valence-corrected chi connectivity index (χ4v) is 1.57. The average Bonchev–Trinajstić information content (AvgIpc) is 2.39. The molecule has 18 heavy (non-hydrogen) atoms. The van der Waals surface area contributed by atoms with Crippen molar-refractivity contribution in [1.82, 2.24) is 4.98 Å². The topological polar surface area (TPSA) is 65.2 Å². The number of benzene rings is 1. The molecule has 0 aliphatic carbocycles. The fourth-order valence-electron chi connectivity index (χ4n) is 1.57. The number of hydrogen-bond acceptors (Lipinski definition) is 4. The smallest absolute Gasteiger partial charge is 0.339 e. The van der Waals surface area contributed by atoms with Gasteiger partial charge in [0.05, 0.1) is 12.7 Å². The number of nitrogens with zero attached hydrogens (tertiary/aromatic N) is 1. The minimum Gasteiger partial charge on any atom is -0.465 e. The van der Waals surface area contributed by atoms with Gasteiger partial charge < -0.3 is 10.5 Å². The normalized spacial score (nSPS) is 10.1. The number of methoxy groups -OCH3 is 1. The number of rotatable bonds is 2. The van der Waals surface area contributed by atoms with E-state index in [4.69, 9.17) is 5.73 Å². The summed E-state index contributed by atoms with van der Waals surface area (Å²) >= 11 is 0. The van der Waals surface area contributed by atoms with E-state index in [0.29, 0.717) is 16.7 Å². The maximum atomic E-state index is 12.8. The van der Waals surface area contributed by atoms with Crippen molar-refractivity contribution in [3.05, 3.63) is 47.9 Å². The van der Waals surface area contributed by atoms with Crippen LogP contribution in [0.25, 0.3) is 11.1 Å². The highest BCUT2D eigenvalue weighted by Gasteiger charge is 2.11. The molecular weight excluding hydrogens is 235 g/mol. The van der Waals surface area contributed by atoms with E-state index in [-0.39, 0.29) is 11.6 Å². The Morgan fingerprint density at radius 1 is 1.33 bits per heavy atom. The van der Waals surface area contributed by atoms with Crippen molar-refractivity contribution in [2.45, 2.75) is 0 Å². The molecule has 0 unspecified atom stereocenters. The van der Waals surface area contributed by atoms with Crippen molar-refractivity contribution in [1.29, 1.82) is 0 Å². The van der Waals surface area contributed by atoms with Gasteiger partial charge in [0.15, 0.2) is 0 Å². The molecule has 4 nitrogen and oxygen atoms in total. The van der Waals surface area contributed by atoms with Crippen LogP contribution in [-0.2, 0) is 4.74 Å². The zero-order chi connectivity index (χ0) is 13.1. The first kappa shape index (κ1) is 12.0. The highest BCUT2D eigenvalue weighted by Crippen LogP contribution is 2.25. The zero-order valence-electron chi connectivity index (χ0n) is 9.68. The van der Waals surface area contributed by atoms with Crippen LogP contribution in [0.5, 0.6) is 0 Å². The third-order valence-electron chi connectivity index (χ3n) is 2.49. The first-order chi connectivity index (χ1) is 8.61. The zero-order valence-corrected chi connectivity index (χ0v) is 9.68. The van der Waals surface area contributed by atoms with Gasteiger partial charge in [0.1, 0.15) is 11.6 Å². The lowest BCUT2D eigenvalue weighted by Crippen LogP contribution is -2.04. The number of carbonyl (C=O) groups excluding carboxylic acids is 1. The minimum absolute atomic E-state index is 0.272. The van der Waals surface area contributed by atoms with Gasteiger partial charge in [-0.2, -0.15) is 0 Å². The Balaban J connectivity index is 2.49. The number of aromatic nitrogens is 1. The maximum Gasteiger partial charge on any atom is 0.339 e. The van der Waals surface area contributed by atoms with Gasteiger partial charge in [0.25, 0.3) is 0 Å². The van der Waals surface area contributed by atoms with Crippen LogP contribution in [0.15, 0.2) is 36.5 Å². The van der Waals surface area contributed by atoms with Crippen molar-refractivity contribution in [3.8, 4) is 11.1 Å². The highest BCUT2D eigenvalue weighted by atomic mass is 19.1. The van der Waals surface area contributed by atoms with E-state index in [1.54, 1.807) is 18.2 Å². The molecule has 0 fully saturated rings. The summed E-state index contributed by atoms with van der Waals surface area (Å²) in [6, 6.07) is 7.36. The van der Waals surface area contributed by atoms with Crippen LogP contribution in [0.2, 0.25) is 0 Å². The van der Waals surface area contributed by atoms with Gasteiger partial charge in [-0.3, -0.25) is 0 Å². The van der Waals surface area contributed by atoms with Crippen LogP contribution in [-0.4, -0.2) is 18.1 Å². The monoisotopic (exact) mass is 246 g/mol. The van der Waals surface area contributed by atoms with E-state index in [9.17, 15) is 9.18 Å². The van der Waals surface area contributed by atoms with Gasteiger partial charge in [0.2, 0.25) is 0 Å². The maximum absolute atomic E-state index is 12.8. The molecule has 0 aliphatic heterocycles. The van der Waals surface area contributed by atoms with Crippen molar-refractivity contribution >= 4 is 11.8 Å². The van der Waals surface area contributed by atoms with E-state index in [1.807, 2.05) is 0 Å². The van der Waals surface area contributed by atoms with Gasteiger partial charge in [-0.05, 0) is 23.8 Å². The Morgan fingerprint density at radius 2 is 2.00 bits per heavy atom. The fraction of sp³-hybridized carbons (Fsp3) is 0.0769. The van der Waals surface area contributed by atoms with E-state index in [0.717, 1.165) is 0 Å². The standard InChI is InChI=1S/C13H11FN2O2/c1-18-13(17)9-6-11(12(15)16-7-9)8-2-4-10(14)5-3-8/h2-7H,1H3,(H2,15,16). The number of ether oxygens (including phenoxy) is 1. The summed E-state index contributed by atoms with van der Waals surface area (Å²) in [5, 5.41) is 0. The van der Waals surface area contributed by atoms with Crippen LogP contribution in [0, 0.1) is 5.82 Å². The summed E-state index contributed by atoms with van der Waals surface area (Å²) in [4.78, 5) is 15.3. The minimum atomic E-state index is -0.495. The molecule has 1 aromatic heterocycles. The third-order valence-corrected chi connectivity index (χ3v) is 2.49. The number of hydrogen-bond donors (Lipinski definition) is 1. The first-order valence-electron chi connectivity index (χ1n) is 5.21. The molecule has 1 aromatic carbocycles. The van der Waals surface area contributed by atoms with Gasteiger partial charge in [0, 0.05) is 11.8 Å². The number of esters is 1. The lowest BCUT2D eigenvalue weighted by Gasteiger charge is -2.07. The van der Waals surface area contributed by atoms with E-state index in [2.05, 4.69) is 9.72 Å². The lowest BCUT2D eigenvalue weighted by molar-refractivity contribution is 0.0600. The molecule has 0 amide bonds. The molecule has 1 heterocycles. The van der Waals surface area contributed by atoms with Crippen molar-refractivity contribution < 1.29 is 13.9 Å². The van der Waals surface area contributed by atoms with Gasteiger partial charge in [-0.25, -0.2) is 14.2 Å². The van der Waals surface area contributed by atoms with Crippen LogP contribution in [0.4, 0.5) is 10.2 Å². The molecule has 0 bridgehead atoms. The van der Waals surface area contributed by atoms with Crippen LogP contribution < -0.4 is 5.73 Å². The van der Waals surface area contributed by atoms with Crippen molar-refractivity contribution in [2.75, 3.05) is 12.8 Å². The number of halogens is 1. The molecule has 0 aliphatic rings. The Morgan fingerprint density at radius 3 is 2.61 bits per heavy atom. The molecule has 0 atom stereocenters. The van der Waals surface area contributed by atoms with Crippen LogP contribution in [0.3, 0.4) is 0 Å². The first-order valence-corrected chi connectivity index (χ1v) is 5.21. The average molecular weight is 246 g/mol. The molecular formula is C13H11FN2O2. The lowest BCUT2D eigenvalue weighted by atomic mass is 10.0. The molecule has 2 rings (SSSR count). The summed E-state index contributed by atoms with van der Waals surface area (Å²) in [6.45, 7) is 0. The second-order valence-corrected chi connectivity index (χ2v) is 3.66. The van der Waals surface area contributed by atoms with Gasteiger partial charge >= 0.3 is 5.97 Å². The summed E-state index contributed by atoms with van der Waals surface area (Å²) in [5.74, 6) is -0.561. The van der Waals surface area contributed by atoms with E-state index >= 15 is 0 Å². The molecule has 2 aromatic rings. The number of nitrogen functional groups attached to an aromatic ring is 1. The Kier molecular flexibility index (Phi) is 3.23. The number of pyridine rings is 1.